The summed E-state index contributed by atoms with van der Waals surface area (Å²) in [6.45, 7) is 5.99. The lowest BCUT2D eigenvalue weighted by molar-refractivity contribution is 0.0589. The summed E-state index contributed by atoms with van der Waals surface area (Å²) in [5.41, 5.74) is 1.26. The van der Waals surface area contributed by atoms with Gasteiger partial charge in [0.1, 0.15) is 11.4 Å². The third kappa shape index (κ3) is 7.45. The van der Waals surface area contributed by atoms with Crippen molar-refractivity contribution in [1.82, 2.24) is 0 Å². The van der Waals surface area contributed by atoms with E-state index in [1.165, 1.54) is 4.90 Å². The predicted molar refractivity (Wildman–Crippen MR) is 133 cm³/mol. The fourth-order valence-electron chi connectivity index (χ4n) is 2.99. The monoisotopic (exact) mass is 491 g/mol. The maximum Gasteiger partial charge on any atom is 0.414 e. The molecule has 0 spiro atoms. The molecule has 1 aromatic heterocycles. The Morgan fingerprint density at radius 1 is 1.03 bits per heavy atom. The van der Waals surface area contributed by atoms with Crippen LogP contribution in [0.5, 0.6) is 5.75 Å². The van der Waals surface area contributed by atoms with Gasteiger partial charge in [-0.15, -0.1) is 11.3 Å². The molecule has 0 atom stereocenters. The first-order chi connectivity index (χ1) is 15.4. The van der Waals surface area contributed by atoms with Gasteiger partial charge >= 0.3 is 6.09 Å². The summed E-state index contributed by atoms with van der Waals surface area (Å²) in [5.74, 6) is 0.726. The molecule has 3 rings (SSSR count). The molecule has 0 aliphatic heterocycles. The summed E-state index contributed by atoms with van der Waals surface area (Å²) in [5, 5.41) is 1.11. The Morgan fingerprint density at radius 2 is 1.73 bits per heavy atom. The lowest BCUT2D eigenvalue weighted by atomic mass is 10.1. The van der Waals surface area contributed by atoms with Gasteiger partial charge in [-0.05, 0) is 68.1 Å². The van der Waals surface area contributed by atoms with E-state index in [1.807, 2.05) is 63.2 Å². The van der Waals surface area contributed by atoms with Crippen molar-refractivity contribution in [3.63, 3.8) is 0 Å². The Balaban J connectivity index is 1.65. The fourth-order valence-corrected chi connectivity index (χ4v) is 4.51. The van der Waals surface area contributed by atoms with Gasteiger partial charge in [-0.2, -0.15) is 8.42 Å². The average Bonchev–Trinajstić information content (AvgIpc) is 3.14. The minimum Gasteiger partial charge on any atom is -0.493 e. The number of hydrogen-bond acceptors (Lipinski definition) is 7. The first kappa shape index (κ1) is 25.0. The summed E-state index contributed by atoms with van der Waals surface area (Å²) in [7, 11) is -1.73. The molecule has 0 saturated carbocycles. The number of ether oxygens (including phenoxy) is 2. The fraction of sp³-hybridized carbons (Fsp3) is 0.375. The molecule has 1 heterocycles. The third-order valence-corrected chi connectivity index (χ3v) is 6.29. The standard InChI is InChI=1S/C24H29NO6S2/c1-24(2,3)31-23(26)25(4)19-10-7-17(8-11-19)21-15-18-9-12-20(16-22(18)32-21)29-13-6-14-30-33(5,27)28/h7-12,15-16H,6,13-14H2,1-5H3. The minimum atomic E-state index is -3.42. The Morgan fingerprint density at radius 3 is 2.36 bits per heavy atom. The number of nitrogens with zero attached hydrogens (tertiary/aromatic N) is 1. The van der Waals surface area contributed by atoms with Crippen LogP contribution in [-0.2, 0) is 19.0 Å². The summed E-state index contributed by atoms with van der Waals surface area (Å²) in [4.78, 5) is 14.9. The number of rotatable bonds is 8. The molecule has 0 radical (unpaired) electrons. The van der Waals surface area contributed by atoms with Crippen LogP contribution in [0, 0.1) is 0 Å². The first-order valence-corrected chi connectivity index (χ1v) is 13.1. The molecule has 0 N–H and O–H groups in total. The molecule has 178 valence electrons. The van der Waals surface area contributed by atoms with Crippen LogP contribution < -0.4 is 9.64 Å². The van der Waals surface area contributed by atoms with Gasteiger partial charge in [0.05, 0.1) is 19.5 Å². The average molecular weight is 492 g/mol. The number of thiophene rings is 1. The van der Waals surface area contributed by atoms with Gasteiger partial charge in [0, 0.05) is 28.7 Å². The molecule has 9 heteroatoms. The van der Waals surface area contributed by atoms with Crippen LogP contribution in [0.25, 0.3) is 20.5 Å². The number of benzene rings is 2. The molecule has 3 aromatic rings. The van der Waals surface area contributed by atoms with Gasteiger partial charge in [0.25, 0.3) is 10.1 Å². The Bertz CT molecular complexity index is 1210. The second-order valence-electron chi connectivity index (χ2n) is 8.62. The van der Waals surface area contributed by atoms with E-state index < -0.39 is 21.8 Å². The Kier molecular flexibility index (Phi) is 7.66. The highest BCUT2D eigenvalue weighted by atomic mass is 32.2. The van der Waals surface area contributed by atoms with Crippen LogP contribution in [-0.4, -0.2) is 46.6 Å². The lowest BCUT2D eigenvalue weighted by Gasteiger charge is -2.24. The zero-order valence-electron chi connectivity index (χ0n) is 19.5. The number of amides is 1. The van der Waals surface area contributed by atoms with E-state index in [2.05, 4.69) is 6.07 Å². The van der Waals surface area contributed by atoms with E-state index in [9.17, 15) is 13.2 Å². The molecule has 33 heavy (non-hydrogen) atoms. The molecular weight excluding hydrogens is 462 g/mol. The highest BCUT2D eigenvalue weighted by Gasteiger charge is 2.20. The van der Waals surface area contributed by atoms with Gasteiger partial charge < -0.3 is 9.47 Å². The number of carbonyl (C=O) groups is 1. The zero-order chi connectivity index (χ0) is 24.2. The van der Waals surface area contributed by atoms with Gasteiger partial charge in [-0.25, -0.2) is 4.79 Å². The van der Waals surface area contributed by atoms with Crippen LogP contribution in [0.2, 0.25) is 0 Å². The summed E-state index contributed by atoms with van der Waals surface area (Å²) < 4.78 is 38.9. The largest absolute Gasteiger partial charge is 0.493 e. The second kappa shape index (κ2) is 10.1. The van der Waals surface area contributed by atoms with Crippen molar-refractivity contribution in [3.8, 4) is 16.2 Å². The smallest absolute Gasteiger partial charge is 0.414 e. The summed E-state index contributed by atoms with van der Waals surface area (Å²) in [6.07, 6.45) is 1.11. The topological polar surface area (TPSA) is 82.1 Å². The van der Waals surface area contributed by atoms with Crippen molar-refractivity contribution in [1.29, 1.82) is 0 Å². The third-order valence-electron chi connectivity index (χ3n) is 4.55. The van der Waals surface area contributed by atoms with Crippen molar-refractivity contribution in [2.75, 3.05) is 31.4 Å². The maximum absolute atomic E-state index is 12.3. The molecule has 0 fully saturated rings. The van der Waals surface area contributed by atoms with Gasteiger partial charge in [-0.3, -0.25) is 9.08 Å². The summed E-state index contributed by atoms with van der Waals surface area (Å²) >= 11 is 1.65. The molecule has 1 amide bonds. The van der Waals surface area contributed by atoms with E-state index in [0.717, 1.165) is 38.2 Å². The van der Waals surface area contributed by atoms with Crippen LogP contribution >= 0.6 is 11.3 Å². The molecule has 0 bridgehead atoms. The molecular formula is C24H29NO6S2. The van der Waals surface area contributed by atoms with Crippen LogP contribution in [0.4, 0.5) is 10.5 Å². The van der Waals surface area contributed by atoms with Crippen LogP contribution in [0.3, 0.4) is 0 Å². The van der Waals surface area contributed by atoms with Crippen molar-refractivity contribution in [2.45, 2.75) is 32.8 Å². The maximum atomic E-state index is 12.3. The van der Waals surface area contributed by atoms with Crippen molar-refractivity contribution in [2.24, 2.45) is 0 Å². The molecule has 0 saturated heterocycles. The van der Waals surface area contributed by atoms with E-state index in [4.69, 9.17) is 13.7 Å². The van der Waals surface area contributed by atoms with Crippen LogP contribution in [0.1, 0.15) is 27.2 Å². The normalized spacial score (nSPS) is 12.0. The number of anilines is 1. The van der Waals surface area contributed by atoms with Crippen molar-refractivity contribution < 1.29 is 26.9 Å². The lowest BCUT2D eigenvalue weighted by Crippen LogP contribution is -2.34. The van der Waals surface area contributed by atoms with Crippen molar-refractivity contribution in [3.05, 3.63) is 48.5 Å². The minimum absolute atomic E-state index is 0.101. The molecule has 0 aliphatic carbocycles. The Labute approximate surface area is 199 Å². The van der Waals surface area contributed by atoms with Gasteiger partial charge in [0.2, 0.25) is 0 Å². The highest BCUT2D eigenvalue weighted by molar-refractivity contribution is 7.85. The van der Waals surface area contributed by atoms with Crippen LogP contribution in [0.15, 0.2) is 48.5 Å². The predicted octanol–water partition coefficient (Wildman–Crippen LogP) is 5.68. The number of fused-ring (bicyclic) bond motifs is 1. The molecule has 2 aromatic carbocycles. The highest BCUT2D eigenvalue weighted by Crippen LogP contribution is 2.36. The van der Waals surface area contributed by atoms with Gasteiger partial charge in [0.15, 0.2) is 0 Å². The SMILES string of the molecule is CN(C(=O)OC(C)(C)C)c1ccc(-c2cc3ccc(OCCCOS(C)(=O)=O)cc3s2)cc1. The van der Waals surface area contributed by atoms with E-state index in [1.54, 1.807) is 18.4 Å². The molecule has 0 unspecified atom stereocenters. The first-order valence-electron chi connectivity index (χ1n) is 10.5. The van der Waals surface area contributed by atoms with E-state index >= 15 is 0 Å². The number of carbonyl (C=O) groups excluding carboxylic acids is 1. The van der Waals surface area contributed by atoms with Crippen molar-refractivity contribution >= 4 is 43.3 Å². The second-order valence-corrected chi connectivity index (χ2v) is 11.4. The number of hydrogen-bond donors (Lipinski definition) is 0. The van der Waals surface area contributed by atoms with E-state index in [0.29, 0.717) is 13.0 Å². The van der Waals surface area contributed by atoms with E-state index in [-0.39, 0.29) is 6.61 Å². The zero-order valence-corrected chi connectivity index (χ0v) is 21.1. The Hall–Kier alpha value is -2.62. The molecule has 0 aliphatic rings. The van der Waals surface area contributed by atoms with Gasteiger partial charge in [-0.1, -0.05) is 12.1 Å². The quantitative estimate of drug-likeness (QED) is 0.298. The molecule has 7 nitrogen and oxygen atoms in total. The summed E-state index contributed by atoms with van der Waals surface area (Å²) in [6, 6.07) is 15.8.